The molecule has 2 atom stereocenters. The summed E-state index contributed by atoms with van der Waals surface area (Å²) in [5.74, 6) is 1.47. The van der Waals surface area contributed by atoms with E-state index in [0.29, 0.717) is 5.92 Å². The number of rotatable bonds is 1. The van der Waals surface area contributed by atoms with Crippen LogP contribution < -0.4 is 34.0 Å². The molecule has 0 heterocycles. The van der Waals surface area contributed by atoms with E-state index < -0.39 is 0 Å². The van der Waals surface area contributed by atoms with Crippen LogP contribution in [0.4, 0.5) is 0 Å². The van der Waals surface area contributed by atoms with E-state index in [1.165, 1.54) is 119 Å². The quantitative estimate of drug-likeness (QED) is 0.114. The maximum absolute atomic E-state index is 4.12. The molecule has 0 aliphatic heterocycles. The van der Waals surface area contributed by atoms with Crippen LogP contribution in [0, 0.1) is 81.2 Å². The van der Waals surface area contributed by atoms with Gasteiger partial charge in [-0.05, 0) is 52.3 Å². The number of allylic oxidation sites excluding steroid dienone is 4. The summed E-state index contributed by atoms with van der Waals surface area (Å²) >= 11 is 0. The smallest absolute Gasteiger partial charge is 1.00 e. The monoisotopic (exact) mass is 1220 g/mol. The second-order valence-electron chi connectivity index (χ2n) is 20.1. The summed E-state index contributed by atoms with van der Waals surface area (Å²) in [4.78, 5) is 0. The van der Waals surface area contributed by atoms with Gasteiger partial charge >= 0.3 is 47.6 Å². The zero-order valence-electron chi connectivity index (χ0n) is 43.0. The molecule has 7 aromatic rings. The first-order valence-corrected chi connectivity index (χ1v) is 22.6. The first kappa shape index (κ1) is 62.4. The number of aryl methyl sites for hydroxylation is 1. The van der Waals surface area contributed by atoms with Gasteiger partial charge in [0.15, 0.2) is 0 Å². The van der Waals surface area contributed by atoms with Crippen LogP contribution >= 0.6 is 0 Å². The minimum Gasteiger partial charge on any atom is -1.00 e. The van der Waals surface area contributed by atoms with Gasteiger partial charge in [-0.25, -0.2) is 0 Å². The molecule has 0 radical (unpaired) electrons. The van der Waals surface area contributed by atoms with Crippen LogP contribution in [0.2, 0.25) is 0 Å². The molecule has 67 heavy (non-hydrogen) atoms. The molecular weight excluding hydrogens is 1140 g/mol. The standard InChI is InChI=1S/C21H25.C20H15.C10H13.C10H15.2CH3.2BrH.Hf.Ti/c1-20(2,3)16-9-10-18-15(12-16)11-14-7-8-17(13-19(14)18)21(4,5)6;1-14-12-16-8-5-11-19(20(16)13-14)18-10-4-7-15-6-2-3-9-17(15)18;1-8-6-7-9-4-2-3-5-10(8)9;1-6-7(2)9(4)10(5)8(6)3;;;;;;/h7-10,13H,11H2,1-6H3;2-13H,1H3;2-3,5,8-9H,1,4,6-7H2;1-5H3;2*1H3;2*1H;;/q6*-1;;;2*+4/p-2. The molecule has 0 nitrogen and oxygen atoms in total. The van der Waals surface area contributed by atoms with Crippen LogP contribution in [-0.4, -0.2) is 0 Å². The van der Waals surface area contributed by atoms with Crippen molar-refractivity contribution in [2.75, 3.05) is 0 Å². The molecule has 0 aromatic heterocycles. The van der Waals surface area contributed by atoms with Gasteiger partial charge in [0.05, 0.1) is 0 Å². The Morgan fingerprint density at radius 2 is 1.28 bits per heavy atom. The molecule has 7 aromatic carbocycles. The molecule has 0 saturated heterocycles. The van der Waals surface area contributed by atoms with Crippen molar-refractivity contribution in [3.8, 4) is 22.3 Å². The number of fused-ring (bicyclic) bond motifs is 6. The fraction of sp³-hybridized carbons (Fsp3) is 0.317. The van der Waals surface area contributed by atoms with Crippen molar-refractivity contribution in [1.29, 1.82) is 0 Å². The van der Waals surface area contributed by atoms with Crippen molar-refractivity contribution in [2.24, 2.45) is 11.8 Å². The van der Waals surface area contributed by atoms with Crippen LogP contribution in [-0.2, 0) is 64.8 Å². The third-order valence-corrected chi connectivity index (χ3v) is 13.9. The third-order valence-electron chi connectivity index (χ3n) is 13.9. The summed E-state index contributed by atoms with van der Waals surface area (Å²) < 4.78 is 0. The normalized spacial score (nSPS) is 14.9. The zero-order chi connectivity index (χ0) is 43.8. The van der Waals surface area contributed by atoms with Gasteiger partial charge in [-0.15, -0.1) is 45.5 Å². The van der Waals surface area contributed by atoms with E-state index in [1.807, 2.05) is 0 Å². The number of hydrogen-bond acceptors (Lipinski definition) is 0. The van der Waals surface area contributed by atoms with Gasteiger partial charge in [-0.1, -0.05) is 208 Å². The topological polar surface area (TPSA) is 0 Å². The molecule has 2 unspecified atom stereocenters. The molecule has 1 fully saturated rings. The first-order chi connectivity index (χ1) is 28.9. The molecule has 4 heteroatoms. The fourth-order valence-electron chi connectivity index (χ4n) is 9.51. The van der Waals surface area contributed by atoms with E-state index in [9.17, 15) is 0 Å². The zero-order valence-corrected chi connectivity index (χ0v) is 51.3. The van der Waals surface area contributed by atoms with Crippen molar-refractivity contribution in [3.63, 3.8) is 0 Å². The molecule has 3 aliphatic rings. The van der Waals surface area contributed by atoms with E-state index in [2.05, 4.69) is 217 Å². The van der Waals surface area contributed by atoms with Gasteiger partial charge in [0, 0.05) is 0 Å². The Kier molecular flexibility index (Phi) is 24.2. The van der Waals surface area contributed by atoms with Gasteiger partial charge in [-0.2, -0.15) is 57.6 Å². The fourth-order valence-corrected chi connectivity index (χ4v) is 9.51. The molecule has 10 rings (SSSR count). The van der Waals surface area contributed by atoms with Crippen molar-refractivity contribution in [2.45, 2.75) is 120 Å². The Hall–Kier alpha value is -2.66. The largest absolute Gasteiger partial charge is 4.00 e. The molecule has 1 saturated carbocycles. The van der Waals surface area contributed by atoms with E-state index in [4.69, 9.17) is 0 Å². The molecule has 348 valence electrons. The molecule has 0 spiro atoms. The maximum atomic E-state index is 4.12. The van der Waals surface area contributed by atoms with Gasteiger partial charge in [0.2, 0.25) is 0 Å². The third kappa shape index (κ3) is 14.0. The SMILES string of the molecule is CC(C)(C)c1[c-]c2c(cc1)-c1cc(C(C)(C)C)ccc1C2.Cc1c(C)c(C)[c-](C)c1C.Cc1cc2cccc(-c3cccc4ccccc34)c2[cH-]1.[Br-].[Br-].[CH2-]C1CCC2CC=CC=C12.[CH3-].[CH3-].[Hf+4].[Ti+4]. The van der Waals surface area contributed by atoms with E-state index in [1.54, 1.807) is 5.57 Å². The molecule has 0 N–H and O–H groups in total. The minimum absolute atomic E-state index is 0. The van der Waals surface area contributed by atoms with Crippen molar-refractivity contribution in [1.82, 2.24) is 0 Å². The summed E-state index contributed by atoms with van der Waals surface area (Å²) in [6.45, 7) is 30.9. The average Bonchev–Trinajstić information content (AvgIpc) is 3.98. The molecular formula is C63H74Br2HfTi. The van der Waals surface area contributed by atoms with Crippen LogP contribution in [0.5, 0.6) is 0 Å². The summed E-state index contributed by atoms with van der Waals surface area (Å²) in [7, 11) is 0. The second-order valence-corrected chi connectivity index (χ2v) is 20.1. The van der Waals surface area contributed by atoms with E-state index in [0.717, 1.165) is 12.3 Å². The average molecular weight is 1220 g/mol. The van der Waals surface area contributed by atoms with E-state index >= 15 is 0 Å². The molecule has 0 amide bonds. The Labute approximate surface area is 462 Å². The summed E-state index contributed by atoms with van der Waals surface area (Å²) in [6, 6.07) is 41.4. The van der Waals surface area contributed by atoms with Crippen LogP contribution in [0.15, 0.2) is 127 Å². The summed E-state index contributed by atoms with van der Waals surface area (Å²) in [5.41, 5.74) is 21.6. The Balaban J connectivity index is 0.000000455. The van der Waals surface area contributed by atoms with E-state index in [-0.39, 0.29) is 107 Å². The Morgan fingerprint density at radius 3 is 1.88 bits per heavy atom. The minimum atomic E-state index is 0. The van der Waals surface area contributed by atoms with Gasteiger partial charge < -0.3 is 55.7 Å². The van der Waals surface area contributed by atoms with Crippen molar-refractivity contribution in [3.05, 3.63) is 210 Å². The van der Waals surface area contributed by atoms with Crippen LogP contribution in [0.1, 0.15) is 116 Å². The summed E-state index contributed by atoms with van der Waals surface area (Å²) in [5, 5.41) is 5.29. The van der Waals surface area contributed by atoms with Gasteiger partial charge in [-0.3, -0.25) is 0 Å². The predicted octanol–water partition coefficient (Wildman–Crippen LogP) is 11.9. The van der Waals surface area contributed by atoms with Crippen LogP contribution in [0.25, 0.3) is 43.8 Å². The summed E-state index contributed by atoms with van der Waals surface area (Å²) in [6.07, 6.45) is 11.7. The van der Waals surface area contributed by atoms with Gasteiger partial charge in [0.25, 0.3) is 0 Å². The van der Waals surface area contributed by atoms with Crippen molar-refractivity contribution < 1.29 is 81.5 Å². The van der Waals surface area contributed by atoms with Gasteiger partial charge in [0.1, 0.15) is 0 Å². The number of halogens is 2. The Bertz CT molecular complexity index is 2670. The predicted molar refractivity (Wildman–Crippen MR) is 280 cm³/mol. The molecule has 3 aliphatic carbocycles. The van der Waals surface area contributed by atoms with Crippen LogP contribution in [0.3, 0.4) is 0 Å². The van der Waals surface area contributed by atoms with Crippen molar-refractivity contribution >= 4 is 21.5 Å². The maximum Gasteiger partial charge on any atom is 4.00 e. The molecule has 0 bridgehead atoms. The second kappa shape index (κ2) is 26.0. The number of hydrogen-bond donors (Lipinski definition) is 0. The first-order valence-electron chi connectivity index (χ1n) is 22.6. The Morgan fingerprint density at radius 1 is 0.672 bits per heavy atom. The number of benzene rings is 5.